The highest BCUT2D eigenvalue weighted by Crippen LogP contribution is 2.30. The van der Waals surface area contributed by atoms with Gasteiger partial charge in [-0.15, -0.1) is 0 Å². The number of nitrogens with one attached hydrogen (secondary N) is 2. The first kappa shape index (κ1) is 14.7. The monoisotopic (exact) mass is 315 g/mol. The summed E-state index contributed by atoms with van der Waals surface area (Å²) in [5.41, 5.74) is 0.298. The summed E-state index contributed by atoms with van der Waals surface area (Å²) in [5, 5.41) is 6.49. The second kappa shape index (κ2) is 6.15. The Morgan fingerprint density at radius 2 is 2.25 bits per heavy atom. The molecule has 0 saturated heterocycles. The number of H-pyrrole nitrogens is 1. The van der Waals surface area contributed by atoms with Crippen LogP contribution >= 0.6 is 11.6 Å². The van der Waals surface area contributed by atoms with Crippen molar-refractivity contribution in [3.8, 4) is 5.75 Å². The summed E-state index contributed by atoms with van der Waals surface area (Å²) >= 11 is 5.90. The molecule has 2 rings (SSSR count). The molecule has 0 spiro atoms. The molecule has 108 valence electrons. The fourth-order valence-electron chi connectivity index (χ4n) is 1.51. The SMILES string of the molecule is CCCOc1ccc(Cl)cc1NS(=O)(=O)c1cn[nH]c1. The highest BCUT2D eigenvalue weighted by molar-refractivity contribution is 7.92. The first-order chi connectivity index (χ1) is 9.53. The Kier molecular flexibility index (Phi) is 4.51. The Morgan fingerprint density at radius 1 is 1.45 bits per heavy atom. The summed E-state index contributed by atoms with van der Waals surface area (Å²) in [5.74, 6) is 0.434. The second-order valence-electron chi connectivity index (χ2n) is 4.03. The molecule has 8 heteroatoms. The van der Waals surface area contributed by atoms with Crippen molar-refractivity contribution in [2.45, 2.75) is 18.2 Å². The highest BCUT2D eigenvalue weighted by atomic mass is 35.5. The van der Waals surface area contributed by atoms with Crippen molar-refractivity contribution >= 4 is 27.3 Å². The van der Waals surface area contributed by atoms with Crippen LogP contribution in [0.15, 0.2) is 35.5 Å². The van der Waals surface area contributed by atoms with Crippen LogP contribution in [0.25, 0.3) is 0 Å². The quantitative estimate of drug-likeness (QED) is 0.858. The molecule has 0 aliphatic rings. The van der Waals surface area contributed by atoms with Crippen molar-refractivity contribution in [3.63, 3.8) is 0 Å². The molecule has 0 saturated carbocycles. The number of anilines is 1. The van der Waals surface area contributed by atoms with E-state index in [1.165, 1.54) is 18.5 Å². The van der Waals surface area contributed by atoms with Gasteiger partial charge in [-0.3, -0.25) is 9.82 Å². The predicted molar refractivity (Wildman–Crippen MR) is 76.6 cm³/mol. The van der Waals surface area contributed by atoms with Gasteiger partial charge in [0.05, 0.1) is 18.5 Å². The normalized spacial score (nSPS) is 11.3. The maximum atomic E-state index is 12.1. The average molecular weight is 316 g/mol. The van der Waals surface area contributed by atoms with Gasteiger partial charge in [0.15, 0.2) is 0 Å². The van der Waals surface area contributed by atoms with Crippen LogP contribution in [0.2, 0.25) is 5.02 Å². The van der Waals surface area contributed by atoms with Crippen LogP contribution in [-0.4, -0.2) is 25.2 Å². The van der Waals surface area contributed by atoms with Crippen LogP contribution in [0.5, 0.6) is 5.75 Å². The van der Waals surface area contributed by atoms with E-state index < -0.39 is 10.0 Å². The molecule has 20 heavy (non-hydrogen) atoms. The zero-order valence-electron chi connectivity index (χ0n) is 10.8. The van der Waals surface area contributed by atoms with Crippen molar-refractivity contribution in [3.05, 3.63) is 35.6 Å². The van der Waals surface area contributed by atoms with Crippen LogP contribution < -0.4 is 9.46 Å². The van der Waals surface area contributed by atoms with E-state index in [1.54, 1.807) is 12.1 Å². The van der Waals surface area contributed by atoms with Gasteiger partial charge < -0.3 is 4.74 Å². The van der Waals surface area contributed by atoms with Gasteiger partial charge in [-0.2, -0.15) is 5.10 Å². The Labute approximate surface area is 122 Å². The molecule has 2 N–H and O–H groups in total. The lowest BCUT2D eigenvalue weighted by atomic mass is 10.3. The van der Waals surface area contributed by atoms with E-state index in [0.717, 1.165) is 6.42 Å². The summed E-state index contributed by atoms with van der Waals surface area (Å²) in [6, 6.07) is 4.78. The van der Waals surface area contributed by atoms with E-state index >= 15 is 0 Å². The molecule has 0 aliphatic heterocycles. The average Bonchev–Trinajstić information content (AvgIpc) is 2.92. The highest BCUT2D eigenvalue weighted by Gasteiger charge is 2.18. The maximum Gasteiger partial charge on any atom is 0.265 e. The zero-order valence-corrected chi connectivity index (χ0v) is 12.3. The Morgan fingerprint density at radius 3 is 2.90 bits per heavy atom. The molecule has 0 atom stereocenters. The van der Waals surface area contributed by atoms with Crippen LogP contribution in [0.4, 0.5) is 5.69 Å². The minimum Gasteiger partial charge on any atom is -0.491 e. The molecule has 0 bridgehead atoms. The lowest BCUT2D eigenvalue weighted by molar-refractivity contribution is 0.319. The lowest BCUT2D eigenvalue weighted by Crippen LogP contribution is -2.13. The first-order valence-electron chi connectivity index (χ1n) is 5.97. The third-order valence-corrected chi connectivity index (χ3v) is 4.00. The molecule has 0 fully saturated rings. The third kappa shape index (κ3) is 3.43. The fourth-order valence-corrected chi connectivity index (χ4v) is 2.65. The molecule has 1 aromatic carbocycles. The molecule has 6 nitrogen and oxygen atoms in total. The number of benzene rings is 1. The number of rotatable bonds is 6. The molecule has 1 heterocycles. The predicted octanol–water partition coefficient (Wildman–Crippen LogP) is 2.65. The summed E-state index contributed by atoms with van der Waals surface area (Å²) in [4.78, 5) is 0.0407. The molecule has 0 aliphatic carbocycles. The minimum atomic E-state index is -3.72. The number of aromatic nitrogens is 2. The van der Waals surface area contributed by atoms with Crippen molar-refractivity contribution < 1.29 is 13.2 Å². The van der Waals surface area contributed by atoms with Gasteiger partial charge in [0.25, 0.3) is 10.0 Å². The van der Waals surface area contributed by atoms with Gasteiger partial charge >= 0.3 is 0 Å². The minimum absolute atomic E-state index is 0.0407. The van der Waals surface area contributed by atoms with E-state index in [2.05, 4.69) is 14.9 Å². The van der Waals surface area contributed by atoms with Crippen LogP contribution in [0, 0.1) is 0 Å². The molecule has 0 unspecified atom stereocenters. The van der Waals surface area contributed by atoms with Gasteiger partial charge in [0.1, 0.15) is 10.6 Å². The third-order valence-electron chi connectivity index (χ3n) is 2.43. The fraction of sp³-hybridized carbons (Fsp3) is 0.250. The van der Waals surface area contributed by atoms with Gasteiger partial charge in [0.2, 0.25) is 0 Å². The Hall–Kier alpha value is -1.73. The lowest BCUT2D eigenvalue weighted by Gasteiger charge is -2.13. The molecular weight excluding hydrogens is 302 g/mol. The van der Waals surface area contributed by atoms with Gasteiger partial charge in [-0.25, -0.2) is 8.42 Å². The van der Waals surface area contributed by atoms with Crippen molar-refractivity contribution in [1.82, 2.24) is 10.2 Å². The van der Waals surface area contributed by atoms with Crippen LogP contribution in [0.1, 0.15) is 13.3 Å². The van der Waals surface area contributed by atoms with Gasteiger partial charge in [-0.05, 0) is 24.6 Å². The maximum absolute atomic E-state index is 12.1. The van der Waals surface area contributed by atoms with E-state index in [4.69, 9.17) is 16.3 Å². The van der Waals surface area contributed by atoms with Crippen molar-refractivity contribution in [2.24, 2.45) is 0 Å². The Balaban J connectivity index is 2.30. The summed E-state index contributed by atoms with van der Waals surface area (Å²) < 4.78 is 32.2. The van der Waals surface area contributed by atoms with Crippen LogP contribution in [-0.2, 0) is 10.0 Å². The van der Waals surface area contributed by atoms with E-state index in [9.17, 15) is 8.42 Å². The van der Waals surface area contributed by atoms with Crippen LogP contribution in [0.3, 0.4) is 0 Å². The van der Waals surface area contributed by atoms with Gasteiger partial charge in [-0.1, -0.05) is 18.5 Å². The standard InChI is InChI=1S/C12H14ClN3O3S/c1-2-5-19-12-4-3-9(13)6-11(12)16-20(17,18)10-7-14-15-8-10/h3-4,6-8,16H,2,5H2,1H3,(H,14,15). The number of ether oxygens (including phenoxy) is 1. The molecule has 0 radical (unpaired) electrons. The van der Waals surface area contributed by atoms with Gasteiger partial charge in [0, 0.05) is 11.2 Å². The Bertz CT molecular complexity index is 671. The molecule has 2 aromatic rings. The summed E-state index contributed by atoms with van der Waals surface area (Å²) in [6.45, 7) is 2.45. The summed E-state index contributed by atoms with van der Waals surface area (Å²) in [7, 11) is -3.72. The molecule has 1 aromatic heterocycles. The topological polar surface area (TPSA) is 84.1 Å². The number of sulfonamides is 1. The van der Waals surface area contributed by atoms with E-state index in [0.29, 0.717) is 23.1 Å². The second-order valence-corrected chi connectivity index (χ2v) is 6.15. The number of hydrogen-bond acceptors (Lipinski definition) is 4. The summed E-state index contributed by atoms with van der Waals surface area (Å²) in [6.07, 6.45) is 3.33. The van der Waals surface area contributed by atoms with Crippen molar-refractivity contribution in [2.75, 3.05) is 11.3 Å². The van der Waals surface area contributed by atoms with E-state index in [-0.39, 0.29) is 4.90 Å². The van der Waals surface area contributed by atoms with Crippen molar-refractivity contribution in [1.29, 1.82) is 0 Å². The first-order valence-corrected chi connectivity index (χ1v) is 7.83. The number of halogens is 1. The number of aromatic amines is 1. The smallest absolute Gasteiger partial charge is 0.265 e. The molecule has 0 amide bonds. The number of hydrogen-bond donors (Lipinski definition) is 2. The largest absolute Gasteiger partial charge is 0.491 e. The zero-order chi connectivity index (χ0) is 14.6. The van der Waals surface area contributed by atoms with E-state index in [1.807, 2.05) is 6.92 Å². The number of nitrogens with zero attached hydrogens (tertiary/aromatic N) is 1. The molecular formula is C12H14ClN3O3S.